The van der Waals surface area contributed by atoms with Crippen LogP contribution in [0.5, 0.6) is 0 Å². The highest BCUT2D eigenvalue weighted by molar-refractivity contribution is 5.91. The van der Waals surface area contributed by atoms with Gasteiger partial charge >= 0.3 is 0 Å². The summed E-state index contributed by atoms with van der Waals surface area (Å²) >= 11 is 0. The Bertz CT molecular complexity index is 816. The van der Waals surface area contributed by atoms with Gasteiger partial charge in [-0.1, -0.05) is 17.3 Å². The van der Waals surface area contributed by atoms with Crippen LogP contribution in [0.25, 0.3) is 0 Å². The highest BCUT2D eigenvalue weighted by atomic mass is 35.5. The topological polar surface area (TPSA) is 105 Å². The molecule has 0 bridgehead atoms. The summed E-state index contributed by atoms with van der Waals surface area (Å²) in [4.78, 5) is 14.7. The van der Waals surface area contributed by atoms with Gasteiger partial charge in [-0.05, 0) is 43.6 Å². The molecule has 9 nitrogen and oxygen atoms in total. The number of ether oxygens (including phenoxy) is 1. The van der Waals surface area contributed by atoms with Gasteiger partial charge in [0.25, 0.3) is 5.91 Å². The number of morpholine rings is 1. The number of carbonyl (C=O) groups is 1. The zero-order chi connectivity index (χ0) is 20.1. The van der Waals surface area contributed by atoms with Gasteiger partial charge in [-0.3, -0.25) is 4.79 Å². The van der Waals surface area contributed by atoms with E-state index in [1.807, 2.05) is 12.1 Å². The lowest BCUT2D eigenvalue weighted by atomic mass is 9.92. The van der Waals surface area contributed by atoms with Crippen LogP contribution in [-0.2, 0) is 17.8 Å². The van der Waals surface area contributed by atoms with Gasteiger partial charge < -0.3 is 25.4 Å². The quantitative estimate of drug-likeness (QED) is 0.608. The average Bonchev–Trinajstić information content (AvgIpc) is 3.21. The normalized spacial score (nSPS) is 18.5. The molecule has 1 aromatic heterocycles. The Labute approximate surface area is 182 Å². The van der Waals surface area contributed by atoms with Gasteiger partial charge in [-0.15, -0.1) is 17.5 Å². The van der Waals surface area contributed by atoms with Gasteiger partial charge in [-0.25, -0.2) is 4.68 Å². The number of rotatable bonds is 6. The largest absolute Gasteiger partial charge is 0.388 e. The zero-order valence-corrected chi connectivity index (χ0v) is 17.7. The van der Waals surface area contributed by atoms with E-state index in [2.05, 4.69) is 38.0 Å². The molecule has 0 atom stereocenters. The van der Waals surface area contributed by atoms with E-state index in [1.54, 1.807) is 10.9 Å². The van der Waals surface area contributed by atoms with Crippen LogP contribution >= 0.6 is 12.4 Å². The Balaban J connectivity index is 0.00000256. The lowest BCUT2D eigenvalue weighted by Gasteiger charge is -2.32. The fourth-order valence-electron chi connectivity index (χ4n) is 3.75. The van der Waals surface area contributed by atoms with Crippen LogP contribution in [0.2, 0.25) is 0 Å². The average molecular weight is 437 g/mol. The smallest absolute Gasteiger partial charge is 0.273 e. The maximum atomic E-state index is 12.4. The van der Waals surface area contributed by atoms with Crippen LogP contribution in [0.15, 0.2) is 30.5 Å². The van der Waals surface area contributed by atoms with E-state index in [-0.39, 0.29) is 24.0 Å². The van der Waals surface area contributed by atoms with Gasteiger partial charge in [0.2, 0.25) is 0 Å². The Hall–Kier alpha value is -2.20. The number of piperidine rings is 1. The van der Waals surface area contributed by atoms with Crippen molar-refractivity contribution in [1.82, 2.24) is 25.6 Å². The molecule has 10 heteroatoms. The van der Waals surface area contributed by atoms with E-state index in [4.69, 9.17) is 4.74 Å². The van der Waals surface area contributed by atoms with Crippen LogP contribution in [0, 0.1) is 0 Å². The first-order valence-corrected chi connectivity index (χ1v) is 10.1. The molecule has 30 heavy (non-hydrogen) atoms. The van der Waals surface area contributed by atoms with E-state index in [1.165, 1.54) is 5.69 Å². The monoisotopic (exact) mass is 436 g/mol. The van der Waals surface area contributed by atoms with E-state index < -0.39 is 5.60 Å². The molecule has 1 amide bonds. The number of carbonyl (C=O) groups excluding carboxylic acids is 1. The molecule has 2 aliphatic rings. The van der Waals surface area contributed by atoms with E-state index in [0.29, 0.717) is 25.9 Å². The molecule has 0 radical (unpaired) electrons. The predicted molar refractivity (Wildman–Crippen MR) is 115 cm³/mol. The number of hydrogen-bond donors (Lipinski definition) is 3. The highest BCUT2D eigenvalue weighted by Crippen LogP contribution is 2.20. The van der Waals surface area contributed by atoms with E-state index in [0.717, 1.165) is 45.0 Å². The van der Waals surface area contributed by atoms with Crippen molar-refractivity contribution < 1.29 is 14.6 Å². The van der Waals surface area contributed by atoms with Crippen molar-refractivity contribution in [3.8, 4) is 0 Å². The summed E-state index contributed by atoms with van der Waals surface area (Å²) < 4.78 is 6.94. The van der Waals surface area contributed by atoms with Crippen molar-refractivity contribution in [3.05, 3.63) is 41.7 Å². The third-order valence-corrected chi connectivity index (χ3v) is 5.53. The molecule has 3 heterocycles. The minimum absolute atomic E-state index is 0. The van der Waals surface area contributed by atoms with Crippen molar-refractivity contribution >= 4 is 24.0 Å². The van der Waals surface area contributed by atoms with Crippen molar-refractivity contribution in [2.24, 2.45) is 0 Å². The number of aromatic nitrogens is 3. The first-order valence-electron chi connectivity index (χ1n) is 10.1. The van der Waals surface area contributed by atoms with Gasteiger partial charge in [0.05, 0.1) is 31.6 Å². The molecule has 3 N–H and O–H groups in total. The second kappa shape index (κ2) is 10.2. The molecule has 0 aliphatic carbocycles. The number of nitrogens with zero attached hydrogens (tertiary/aromatic N) is 4. The predicted octanol–water partition coefficient (Wildman–Crippen LogP) is 0.581. The molecule has 0 unspecified atom stereocenters. The van der Waals surface area contributed by atoms with Crippen molar-refractivity contribution in [2.75, 3.05) is 44.3 Å². The van der Waals surface area contributed by atoms with Crippen LogP contribution in [0.4, 0.5) is 5.69 Å². The summed E-state index contributed by atoms with van der Waals surface area (Å²) in [5, 5.41) is 24.7. The third-order valence-electron chi connectivity index (χ3n) is 5.53. The standard InChI is InChI=1S/C20H28N6O3.ClH/c27-19(18-14-26(24-23-18)15-20(28)5-7-21-8-6-20)22-13-16-1-3-17(4-2-16)25-9-11-29-12-10-25;/h1-4,14,21,28H,5-13,15H2,(H,22,27);1H. The second-order valence-corrected chi connectivity index (χ2v) is 7.72. The Morgan fingerprint density at radius 2 is 1.90 bits per heavy atom. The molecular formula is C20H29ClN6O3. The lowest BCUT2D eigenvalue weighted by molar-refractivity contribution is -0.00866. The number of amides is 1. The molecule has 2 fully saturated rings. The Kier molecular flexibility index (Phi) is 7.65. The minimum atomic E-state index is -0.797. The maximum absolute atomic E-state index is 12.4. The summed E-state index contributed by atoms with van der Waals surface area (Å²) in [5.41, 5.74) is 1.65. The summed E-state index contributed by atoms with van der Waals surface area (Å²) in [7, 11) is 0. The van der Waals surface area contributed by atoms with Crippen molar-refractivity contribution in [1.29, 1.82) is 0 Å². The van der Waals surface area contributed by atoms with Crippen LogP contribution in [-0.4, -0.2) is 71.0 Å². The Morgan fingerprint density at radius 1 is 1.20 bits per heavy atom. The van der Waals surface area contributed by atoms with Crippen molar-refractivity contribution in [2.45, 2.75) is 31.5 Å². The number of nitrogens with one attached hydrogen (secondary N) is 2. The lowest BCUT2D eigenvalue weighted by Crippen LogP contribution is -2.44. The molecule has 1 aromatic carbocycles. The number of anilines is 1. The summed E-state index contributed by atoms with van der Waals surface area (Å²) in [6.07, 6.45) is 2.92. The van der Waals surface area contributed by atoms with E-state index >= 15 is 0 Å². The third kappa shape index (κ3) is 5.69. The minimum Gasteiger partial charge on any atom is -0.388 e. The van der Waals surface area contributed by atoms with Gasteiger partial charge in [-0.2, -0.15) is 0 Å². The second-order valence-electron chi connectivity index (χ2n) is 7.72. The molecule has 2 aliphatic heterocycles. The SMILES string of the molecule is Cl.O=C(NCc1ccc(N2CCOCC2)cc1)c1cn(CC2(O)CCNCC2)nn1. The molecule has 2 aromatic rings. The van der Waals surface area contributed by atoms with Gasteiger partial charge in [0, 0.05) is 25.3 Å². The van der Waals surface area contributed by atoms with Gasteiger partial charge in [0.15, 0.2) is 5.69 Å². The number of benzene rings is 1. The van der Waals surface area contributed by atoms with E-state index in [9.17, 15) is 9.90 Å². The summed E-state index contributed by atoms with van der Waals surface area (Å²) in [5.74, 6) is -0.272. The summed E-state index contributed by atoms with van der Waals surface area (Å²) in [6.45, 7) is 5.64. The number of hydrogen-bond acceptors (Lipinski definition) is 7. The van der Waals surface area contributed by atoms with Crippen LogP contribution < -0.4 is 15.5 Å². The molecule has 0 saturated carbocycles. The molecule has 4 rings (SSSR count). The van der Waals surface area contributed by atoms with Crippen LogP contribution in [0.3, 0.4) is 0 Å². The van der Waals surface area contributed by atoms with Crippen molar-refractivity contribution in [3.63, 3.8) is 0 Å². The molecule has 2 saturated heterocycles. The Morgan fingerprint density at radius 3 is 2.60 bits per heavy atom. The highest BCUT2D eigenvalue weighted by Gasteiger charge is 2.30. The maximum Gasteiger partial charge on any atom is 0.273 e. The fourth-order valence-corrected chi connectivity index (χ4v) is 3.75. The van der Waals surface area contributed by atoms with Gasteiger partial charge in [0.1, 0.15) is 0 Å². The molecule has 0 spiro atoms. The first-order chi connectivity index (χ1) is 14.1. The molecule has 164 valence electrons. The van der Waals surface area contributed by atoms with Crippen LogP contribution in [0.1, 0.15) is 28.9 Å². The number of aliphatic hydroxyl groups is 1. The number of halogens is 1. The molecular weight excluding hydrogens is 408 g/mol. The summed E-state index contributed by atoms with van der Waals surface area (Å²) in [6, 6.07) is 8.19. The first kappa shape index (κ1) is 22.5. The zero-order valence-electron chi connectivity index (χ0n) is 16.9. The fraction of sp³-hybridized carbons (Fsp3) is 0.550.